The van der Waals surface area contributed by atoms with E-state index in [1.807, 2.05) is 0 Å². The third-order valence-electron chi connectivity index (χ3n) is 4.69. The van der Waals surface area contributed by atoms with E-state index in [0.717, 1.165) is 4.31 Å². The number of amides is 2. The van der Waals surface area contributed by atoms with Gasteiger partial charge in [0.2, 0.25) is 5.91 Å². The molecule has 0 aliphatic carbocycles. The molecule has 0 fully saturated rings. The van der Waals surface area contributed by atoms with E-state index in [1.165, 1.54) is 38.2 Å². The number of nitrogens with one attached hydrogen (secondary N) is 2. The van der Waals surface area contributed by atoms with Crippen LogP contribution in [0.25, 0.3) is 0 Å². The molecule has 2 amide bonds. The summed E-state index contributed by atoms with van der Waals surface area (Å²) in [6.07, 6.45) is 0. The predicted octanol–water partition coefficient (Wildman–Crippen LogP) is 3.27. The number of rotatable bonds is 8. The Hall–Kier alpha value is -4.18. The van der Waals surface area contributed by atoms with E-state index in [0.29, 0.717) is 17.1 Å². The maximum atomic E-state index is 12.8. The number of ether oxygens (including phenoxy) is 1. The van der Waals surface area contributed by atoms with Gasteiger partial charge in [0.25, 0.3) is 15.9 Å². The summed E-state index contributed by atoms with van der Waals surface area (Å²) in [6, 6.07) is 20.3. The van der Waals surface area contributed by atoms with Gasteiger partial charge in [0.1, 0.15) is 0 Å². The standard InChI is InChI=1S/C24H23N3O6S/c1-17(28)25-19-10-12-20(13-11-19)26-23(29)16-33-24(30)18-8-14-22(15-9-18)34(31,32)27(2)21-6-4-3-5-7-21/h3-15H,16H2,1-2H3,(H,25,28)(H,26,29). The Labute approximate surface area is 197 Å². The Kier molecular flexibility index (Phi) is 7.64. The molecule has 0 saturated heterocycles. The molecule has 3 aromatic rings. The van der Waals surface area contributed by atoms with Gasteiger partial charge in [-0.25, -0.2) is 13.2 Å². The summed E-state index contributed by atoms with van der Waals surface area (Å²) in [5.74, 6) is -1.53. The molecule has 0 spiro atoms. The summed E-state index contributed by atoms with van der Waals surface area (Å²) < 4.78 is 31.8. The molecule has 0 radical (unpaired) electrons. The van der Waals surface area contributed by atoms with Crippen molar-refractivity contribution < 1.29 is 27.5 Å². The molecule has 176 valence electrons. The maximum Gasteiger partial charge on any atom is 0.338 e. The number of hydrogen-bond donors (Lipinski definition) is 2. The highest BCUT2D eigenvalue weighted by molar-refractivity contribution is 7.92. The van der Waals surface area contributed by atoms with E-state index >= 15 is 0 Å². The third kappa shape index (κ3) is 6.20. The fourth-order valence-corrected chi connectivity index (χ4v) is 4.14. The lowest BCUT2D eigenvalue weighted by Gasteiger charge is -2.19. The number of hydrogen-bond acceptors (Lipinski definition) is 6. The summed E-state index contributed by atoms with van der Waals surface area (Å²) in [4.78, 5) is 35.4. The van der Waals surface area contributed by atoms with Crippen molar-refractivity contribution in [2.45, 2.75) is 11.8 Å². The SMILES string of the molecule is CC(=O)Nc1ccc(NC(=O)COC(=O)c2ccc(S(=O)(=O)N(C)c3ccccc3)cc2)cc1. The van der Waals surface area contributed by atoms with Crippen molar-refractivity contribution in [1.29, 1.82) is 0 Å². The normalized spacial score (nSPS) is 10.8. The van der Waals surface area contributed by atoms with Crippen LogP contribution in [-0.4, -0.2) is 39.9 Å². The van der Waals surface area contributed by atoms with Crippen LogP contribution >= 0.6 is 0 Å². The first-order chi connectivity index (χ1) is 16.2. The molecule has 3 aromatic carbocycles. The third-order valence-corrected chi connectivity index (χ3v) is 6.49. The van der Waals surface area contributed by atoms with Gasteiger partial charge >= 0.3 is 5.97 Å². The smallest absolute Gasteiger partial charge is 0.338 e. The minimum absolute atomic E-state index is 0.0101. The van der Waals surface area contributed by atoms with Crippen LogP contribution in [0.5, 0.6) is 0 Å². The van der Waals surface area contributed by atoms with Crippen molar-refractivity contribution in [1.82, 2.24) is 0 Å². The lowest BCUT2D eigenvalue weighted by Crippen LogP contribution is -2.26. The molecule has 0 bridgehead atoms. The van der Waals surface area contributed by atoms with Crippen molar-refractivity contribution in [3.05, 3.63) is 84.4 Å². The number of carbonyl (C=O) groups is 3. The average Bonchev–Trinajstić information content (AvgIpc) is 2.83. The van der Waals surface area contributed by atoms with Crippen LogP contribution in [0.15, 0.2) is 83.8 Å². The predicted molar refractivity (Wildman–Crippen MR) is 128 cm³/mol. The largest absolute Gasteiger partial charge is 0.452 e. The van der Waals surface area contributed by atoms with Crippen molar-refractivity contribution in [2.24, 2.45) is 0 Å². The lowest BCUT2D eigenvalue weighted by molar-refractivity contribution is -0.119. The van der Waals surface area contributed by atoms with Crippen molar-refractivity contribution in [2.75, 3.05) is 28.6 Å². The summed E-state index contributed by atoms with van der Waals surface area (Å²) in [7, 11) is -2.37. The highest BCUT2D eigenvalue weighted by Crippen LogP contribution is 2.22. The molecule has 0 heterocycles. The van der Waals surface area contributed by atoms with E-state index in [2.05, 4.69) is 10.6 Å². The van der Waals surface area contributed by atoms with E-state index in [4.69, 9.17) is 4.74 Å². The minimum atomic E-state index is -3.81. The van der Waals surface area contributed by atoms with Gasteiger partial charge < -0.3 is 15.4 Å². The molecular formula is C24H23N3O6S. The lowest BCUT2D eigenvalue weighted by atomic mass is 10.2. The molecule has 10 heteroatoms. The van der Waals surface area contributed by atoms with E-state index in [9.17, 15) is 22.8 Å². The number of para-hydroxylation sites is 1. The van der Waals surface area contributed by atoms with Gasteiger partial charge in [-0.2, -0.15) is 0 Å². The first-order valence-electron chi connectivity index (χ1n) is 10.2. The zero-order valence-electron chi connectivity index (χ0n) is 18.5. The van der Waals surface area contributed by atoms with Gasteiger partial charge in [0, 0.05) is 25.3 Å². The molecule has 0 unspecified atom stereocenters. The van der Waals surface area contributed by atoms with Crippen LogP contribution in [0.4, 0.5) is 17.1 Å². The maximum absolute atomic E-state index is 12.8. The highest BCUT2D eigenvalue weighted by Gasteiger charge is 2.21. The number of anilines is 3. The number of sulfonamides is 1. The minimum Gasteiger partial charge on any atom is -0.452 e. The second-order valence-corrected chi connectivity index (χ2v) is 9.18. The number of benzene rings is 3. The zero-order chi connectivity index (χ0) is 24.7. The van der Waals surface area contributed by atoms with Gasteiger partial charge in [-0.1, -0.05) is 18.2 Å². The number of nitrogens with zero attached hydrogens (tertiary/aromatic N) is 1. The van der Waals surface area contributed by atoms with Crippen LogP contribution in [0, 0.1) is 0 Å². The molecule has 0 aromatic heterocycles. The van der Waals surface area contributed by atoms with Gasteiger partial charge in [0.15, 0.2) is 6.61 Å². The van der Waals surface area contributed by atoms with Gasteiger partial charge in [-0.3, -0.25) is 13.9 Å². The molecule has 2 N–H and O–H groups in total. The first kappa shape index (κ1) is 24.5. The zero-order valence-corrected chi connectivity index (χ0v) is 19.3. The van der Waals surface area contributed by atoms with Gasteiger partial charge in [0.05, 0.1) is 16.1 Å². The summed E-state index contributed by atoms with van der Waals surface area (Å²) in [5, 5.41) is 5.18. The molecule has 34 heavy (non-hydrogen) atoms. The summed E-state index contributed by atoms with van der Waals surface area (Å²) >= 11 is 0. The Bertz CT molecular complexity index is 1270. The van der Waals surface area contributed by atoms with Gasteiger partial charge in [-0.05, 0) is 60.7 Å². The van der Waals surface area contributed by atoms with Crippen LogP contribution in [0.3, 0.4) is 0 Å². The molecule has 0 saturated carbocycles. The molecule has 0 aliphatic heterocycles. The number of carbonyl (C=O) groups excluding carboxylic acids is 3. The first-order valence-corrected chi connectivity index (χ1v) is 11.6. The van der Waals surface area contributed by atoms with Crippen LogP contribution in [0.1, 0.15) is 17.3 Å². The van der Waals surface area contributed by atoms with E-state index < -0.39 is 28.5 Å². The second kappa shape index (κ2) is 10.6. The Morgan fingerprint density at radius 3 is 1.94 bits per heavy atom. The Balaban J connectivity index is 1.56. The second-order valence-electron chi connectivity index (χ2n) is 7.22. The number of esters is 1. The summed E-state index contributed by atoms with van der Waals surface area (Å²) in [5.41, 5.74) is 1.65. The van der Waals surface area contributed by atoms with Gasteiger partial charge in [-0.15, -0.1) is 0 Å². The molecule has 0 aliphatic rings. The highest BCUT2D eigenvalue weighted by atomic mass is 32.2. The average molecular weight is 482 g/mol. The molecule has 3 rings (SSSR count). The molecular weight excluding hydrogens is 458 g/mol. The Morgan fingerprint density at radius 2 is 1.38 bits per heavy atom. The molecule has 9 nitrogen and oxygen atoms in total. The fourth-order valence-electron chi connectivity index (χ4n) is 2.95. The van der Waals surface area contributed by atoms with Crippen molar-refractivity contribution in [3.63, 3.8) is 0 Å². The Morgan fingerprint density at radius 1 is 0.824 bits per heavy atom. The van der Waals surface area contributed by atoms with Crippen LogP contribution < -0.4 is 14.9 Å². The quantitative estimate of drug-likeness (QED) is 0.476. The van der Waals surface area contributed by atoms with E-state index in [1.54, 1.807) is 54.6 Å². The summed E-state index contributed by atoms with van der Waals surface area (Å²) in [6.45, 7) is 0.864. The van der Waals surface area contributed by atoms with Crippen molar-refractivity contribution in [3.8, 4) is 0 Å². The topological polar surface area (TPSA) is 122 Å². The van der Waals surface area contributed by atoms with Crippen LogP contribution in [0.2, 0.25) is 0 Å². The van der Waals surface area contributed by atoms with E-state index in [-0.39, 0.29) is 16.4 Å². The monoisotopic (exact) mass is 481 g/mol. The van der Waals surface area contributed by atoms with Crippen LogP contribution in [-0.2, 0) is 24.3 Å². The van der Waals surface area contributed by atoms with Crippen molar-refractivity contribution >= 4 is 44.9 Å². The molecule has 0 atom stereocenters. The fraction of sp³-hybridized carbons (Fsp3) is 0.125.